The van der Waals surface area contributed by atoms with Crippen molar-refractivity contribution in [2.75, 3.05) is 19.6 Å². The number of carboxylic acid groups (broad SMARTS) is 1. The molecule has 2 atom stereocenters. The van der Waals surface area contributed by atoms with Crippen LogP contribution in [0.25, 0.3) is 0 Å². The normalized spacial score (nSPS) is 32.6. The monoisotopic (exact) mass is 266 g/mol. The summed E-state index contributed by atoms with van der Waals surface area (Å²) in [5, 5.41) is 9.28. The largest absolute Gasteiger partial charge is 0.480 e. The summed E-state index contributed by atoms with van der Waals surface area (Å²) >= 11 is 0. The van der Waals surface area contributed by atoms with Crippen LogP contribution in [0.5, 0.6) is 0 Å². The molecule has 2 unspecified atom stereocenters. The van der Waals surface area contributed by atoms with E-state index in [1.807, 2.05) is 0 Å². The number of carboxylic acids is 1. The molecule has 3 aliphatic rings. The Balaban J connectivity index is 1.53. The molecule has 19 heavy (non-hydrogen) atoms. The molecule has 0 spiro atoms. The molecule has 0 aromatic heterocycles. The Labute approximate surface area is 115 Å². The Morgan fingerprint density at radius 3 is 2.37 bits per heavy atom. The topological polar surface area (TPSA) is 43.8 Å². The second kappa shape index (κ2) is 5.41. The fraction of sp³-hybridized carbons (Fsp3) is 0.933. The van der Waals surface area contributed by atoms with Crippen molar-refractivity contribution in [2.45, 2.75) is 63.6 Å². The summed E-state index contributed by atoms with van der Waals surface area (Å²) in [6, 6.07) is 1.04. The van der Waals surface area contributed by atoms with Gasteiger partial charge in [-0.05, 0) is 71.0 Å². The van der Waals surface area contributed by atoms with Crippen LogP contribution in [0.2, 0.25) is 0 Å². The third-order valence-corrected chi connectivity index (χ3v) is 5.43. The molecule has 0 aromatic rings. The molecule has 2 heterocycles. The van der Waals surface area contributed by atoms with Crippen molar-refractivity contribution >= 4 is 5.97 Å². The number of hydrogen-bond donors (Lipinski definition) is 1. The Morgan fingerprint density at radius 2 is 1.79 bits per heavy atom. The van der Waals surface area contributed by atoms with Crippen molar-refractivity contribution < 1.29 is 9.90 Å². The average Bonchev–Trinajstić information content (AvgIpc) is 3.14. The van der Waals surface area contributed by atoms with Crippen LogP contribution >= 0.6 is 0 Å². The zero-order valence-electron chi connectivity index (χ0n) is 11.9. The summed E-state index contributed by atoms with van der Waals surface area (Å²) in [4.78, 5) is 16.2. The zero-order chi connectivity index (χ0) is 13.4. The van der Waals surface area contributed by atoms with Gasteiger partial charge in [0, 0.05) is 12.1 Å². The first kappa shape index (κ1) is 13.4. The minimum absolute atomic E-state index is 0.211. The van der Waals surface area contributed by atoms with E-state index in [1.165, 1.54) is 12.8 Å². The van der Waals surface area contributed by atoms with E-state index in [4.69, 9.17) is 0 Å². The predicted octanol–water partition coefficient (Wildman–Crippen LogP) is 1.80. The van der Waals surface area contributed by atoms with Gasteiger partial charge in [-0.3, -0.25) is 9.69 Å². The van der Waals surface area contributed by atoms with Gasteiger partial charge in [-0.15, -0.1) is 0 Å². The van der Waals surface area contributed by atoms with Gasteiger partial charge in [-0.2, -0.15) is 0 Å². The molecule has 4 nitrogen and oxygen atoms in total. The van der Waals surface area contributed by atoms with E-state index >= 15 is 0 Å². The van der Waals surface area contributed by atoms with Crippen LogP contribution in [-0.2, 0) is 4.79 Å². The molecule has 2 saturated heterocycles. The van der Waals surface area contributed by atoms with Crippen molar-refractivity contribution in [1.29, 1.82) is 0 Å². The van der Waals surface area contributed by atoms with E-state index in [1.54, 1.807) is 0 Å². The molecule has 108 valence electrons. The molecule has 3 rings (SSSR count). The van der Waals surface area contributed by atoms with Gasteiger partial charge in [0.1, 0.15) is 6.04 Å². The van der Waals surface area contributed by atoms with Crippen LogP contribution in [0.15, 0.2) is 0 Å². The average molecular weight is 266 g/mol. The molecular formula is C15H26N2O2. The molecule has 1 saturated carbocycles. The predicted molar refractivity (Wildman–Crippen MR) is 74.1 cm³/mol. The van der Waals surface area contributed by atoms with Gasteiger partial charge < -0.3 is 10.0 Å². The van der Waals surface area contributed by atoms with Gasteiger partial charge in [0.25, 0.3) is 0 Å². The van der Waals surface area contributed by atoms with E-state index in [-0.39, 0.29) is 6.04 Å². The zero-order valence-corrected chi connectivity index (χ0v) is 11.9. The minimum atomic E-state index is -0.619. The Bertz CT molecular complexity index is 335. The number of nitrogens with zero attached hydrogens (tertiary/aromatic N) is 2. The van der Waals surface area contributed by atoms with E-state index in [2.05, 4.69) is 16.7 Å². The summed E-state index contributed by atoms with van der Waals surface area (Å²) < 4.78 is 0. The maximum atomic E-state index is 11.3. The summed E-state index contributed by atoms with van der Waals surface area (Å²) in [6.45, 7) is 5.67. The summed E-state index contributed by atoms with van der Waals surface area (Å²) in [7, 11) is 0. The Kier molecular flexibility index (Phi) is 3.81. The first-order chi connectivity index (χ1) is 9.16. The van der Waals surface area contributed by atoms with Crippen molar-refractivity contribution in [3.8, 4) is 0 Å². The Morgan fingerprint density at radius 1 is 1.11 bits per heavy atom. The first-order valence-electron chi connectivity index (χ1n) is 7.89. The van der Waals surface area contributed by atoms with Gasteiger partial charge in [0.15, 0.2) is 0 Å². The van der Waals surface area contributed by atoms with Crippen molar-refractivity contribution in [3.63, 3.8) is 0 Å². The number of piperidine rings is 1. The summed E-state index contributed by atoms with van der Waals surface area (Å²) in [5.41, 5.74) is 0. The van der Waals surface area contributed by atoms with E-state index < -0.39 is 5.97 Å². The highest BCUT2D eigenvalue weighted by Crippen LogP contribution is 2.36. The highest BCUT2D eigenvalue weighted by Gasteiger charge is 2.38. The second-order valence-electron chi connectivity index (χ2n) is 6.58. The molecule has 4 heteroatoms. The molecule has 0 aromatic carbocycles. The quantitative estimate of drug-likeness (QED) is 0.842. The van der Waals surface area contributed by atoms with Gasteiger partial charge in [0.2, 0.25) is 0 Å². The van der Waals surface area contributed by atoms with Crippen LogP contribution in [0.1, 0.15) is 45.4 Å². The Hall–Kier alpha value is -0.610. The number of hydrogen-bond acceptors (Lipinski definition) is 3. The van der Waals surface area contributed by atoms with Crippen molar-refractivity contribution in [3.05, 3.63) is 0 Å². The fourth-order valence-corrected chi connectivity index (χ4v) is 3.99. The van der Waals surface area contributed by atoms with Crippen LogP contribution in [-0.4, -0.2) is 58.6 Å². The highest BCUT2D eigenvalue weighted by molar-refractivity contribution is 5.73. The maximum Gasteiger partial charge on any atom is 0.320 e. The molecule has 0 bridgehead atoms. The number of aliphatic carboxylic acids is 1. The molecule has 3 fully saturated rings. The lowest BCUT2D eigenvalue weighted by molar-refractivity contribution is -0.143. The van der Waals surface area contributed by atoms with Crippen LogP contribution in [0.4, 0.5) is 0 Å². The highest BCUT2D eigenvalue weighted by atomic mass is 16.4. The lowest BCUT2D eigenvalue weighted by Crippen LogP contribution is -2.50. The molecule has 1 N–H and O–H groups in total. The van der Waals surface area contributed by atoms with Crippen LogP contribution in [0, 0.1) is 5.92 Å². The van der Waals surface area contributed by atoms with Crippen LogP contribution < -0.4 is 0 Å². The fourth-order valence-electron chi connectivity index (χ4n) is 3.99. The summed E-state index contributed by atoms with van der Waals surface area (Å²) in [6.07, 6.45) is 7.02. The standard InChI is InChI=1S/C15H26N2O2/c1-11(12-4-5-12)16-9-6-13(7-10-16)17-8-2-3-14(17)15(18)19/h11-14H,2-10H2,1H3,(H,18,19). The maximum absolute atomic E-state index is 11.3. The van der Waals surface area contributed by atoms with Crippen LogP contribution in [0.3, 0.4) is 0 Å². The number of likely N-dealkylation sites (tertiary alicyclic amines) is 2. The lowest BCUT2D eigenvalue weighted by atomic mass is 9.99. The van der Waals surface area contributed by atoms with Gasteiger partial charge in [-0.1, -0.05) is 0 Å². The van der Waals surface area contributed by atoms with Crippen molar-refractivity contribution in [2.24, 2.45) is 5.92 Å². The molecule has 2 aliphatic heterocycles. The number of carbonyl (C=O) groups is 1. The van der Waals surface area contributed by atoms with E-state index in [9.17, 15) is 9.90 Å². The van der Waals surface area contributed by atoms with E-state index in [0.717, 1.165) is 57.3 Å². The van der Waals surface area contributed by atoms with E-state index in [0.29, 0.717) is 6.04 Å². The SMILES string of the molecule is CC(C1CC1)N1CCC(N2CCCC2C(=O)O)CC1. The third kappa shape index (κ3) is 2.79. The van der Waals surface area contributed by atoms with Gasteiger partial charge >= 0.3 is 5.97 Å². The van der Waals surface area contributed by atoms with Crippen molar-refractivity contribution in [1.82, 2.24) is 9.80 Å². The molecule has 1 aliphatic carbocycles. The van der Waals surface area contributed by atoms with Gasteiger partial charge in [-0.25, -0.2) is 0 Å². The molecule has 0 radical (unpaired) electrons. The molecule has 0 amide bonds. The summed E-state index contributed by atoms with van der Waals surface area (Å²) in [5.74, 6) is 0.321. The number of rotatable bonds is 4. The van der Waals surface area contributed by atoms with Gasteiger partial charge in [0.05, 0.1) is 0 Å². The molecular weight excluding hydrogens is 240 g/mol. The first-order valence-corrected chi connectivity index (χ1v) is 7.89. The third-order valence-electron chi connectivity index (χ3n) is 5.43. The smallest absolute Gasteiger partial charge is 0.320 e. The second-order valence-corrected chi connectivity index (χ2v) is 6.58. The minimum Gasteiger partial charge on any atom is -0.480 e. The lowest BCUT2D eigenvalue weighted by Gasteiger charge is -2.40.